The van der Waals surface area contributed by atoms with Crippen LogP contribution < -0.4 is 0 Å². The third-order valence-electron chi connectivity index (χ3n) is 3.19. The van der Waals surface area contributed by atoms with E-state index in [1.54, 1.807) is 0 Å². The van der Waals surface area contributed by atoms with Gasteiger partial charge in [-0.2, -0.15) is 0 Å². The molecule has 0 radical (unpaired) electrons. The number of alkyl halides is 3. The molecule has 0 N–H and O–H groups in total. The summed E-state index contributed by atoms with van der Waals surface area (Å²) in [5.74, 6) is 0. The molecule has 0 fully saturated rings. The van der Waals surface area contributed by atoms with Gasteiger partial charge < -0.3 is 0 Å². The maximum absolute atomic E-state index is 12.0. The maximum atomic E-state index is 12.0. The van der Waals surface area contributed by atoms with Crippen molar-refractivity contribution in [3.8, 4) is 0 Å². The molecule has 0 rings (SSSR count). The van der Waals surface area contributed by atoms with Crippen LogP contribution in [0.5, 0.6) is 0 Å². The molecule has 0 aromatic rings. The van der Waals surface area contributed by atoms with Gasteiger partial charge in [-0.25, -0.2) is 0 Å². The minimum absolute atomic E-state index is 0.417. The van der Waals surface area contributed by atoms with Crippen LogP contribution in [0.1, 0.15) is 27.2 Å². The zero-order chi connectivity index (χ0) is 10.5. The fourth-order valence-corrected chi connectivity index (χ4v) is 5.06. The summed E-state index contributed by atoms with van der Waals surface area (Å²) < 4.78 is 36.1. The van der Waals surface area contributed by atoms with Crippen LogP contribution in [0, 0.1) is 0 Å². The molecule has 0 bridgehead atoms. The van der Waals surface area contributed by atoms with E-state index in [2.05, 4.69) is 0 Å². The van der Waals surface area contributed by atoms with Gasteiger partial charge in [0, 0.05) is 0 Å². The molecule has 0 aromatic carbocycles. The molecule has 0 aliphatic carbocycles. The van der Waals surface area contributed by atoms with Crippen molar-refractivity contribution in [2.45, 2.75) is 33.4 Å². The van der Waals surface area contributed by atoms with E-state index in [4.69, 9.17) is 0 Å². The molecule has 0 spiro atoms. The molecule has 4 heteroatoms. The van der Waals surface area contributed by atoms with Crippen molar-refractivity contribution in [2.24, 2.45) is 0 Å². The Hall–Kier alpha value is 0.220. The molecule has 0 heterocycles. The van der Waals surface area contributed by atoms with Gasteiger partial charge >= 0.3 is 78.4 Å². The molecule has 0 aliphatic heterocycles. The fraction of sp³-hybridized carbons (Fsp3) is 1.00. The number of hydrogen-bond donors (Lipinski definition) is 0. The van der Waals surface area contributed by atoms with E-state index in [1.165, 1.54) is 0 Å². The van der Waals surface area contributed by atoms with Crippen LogP contribution in [-0.4, -0.2) is 30.8 Å². The number of hydrogen-bond acceptors (Lipinski definition) is 0. The van der Waals surface area contributed by atoms with Crippen LogP contribution in [0.15, 0.2) is 0 Å². The molecular weight excluding hydrogens is 196 g/mol. The average Bonchev–Trinajstić information content (AvgIpc) is 2.06. The molecular formula is C9H20F3P. The summed E-state index contributed by atoms with van der Waals surface area (Å²) in [5.41, 5.74) is 0. The van der Waals surface area contributed by atoms with Gasteiger partial charge in [0.05, 0.1) is 0 Å². The third-order valence-corrected chi connectivity index (χ3v) is 9.00. The van der Waals surface area contributed by atoms with E-state index in [0.29, 0.717) is 6.16 Å². The molecule has 0 aliphatic rings. The van der Waals surface area contributed by atoms with Crippen LogP contribution >= 0.6 is 7.26 Å². The normalized spacial score (nSPS) is 14.6. The average molecular weight is 216 g/mol. The Morgan fingerprint density at radius 1 is 0.923 bits per heavy atom. The Morgan fingerprint density at radius 3 is 1.54 bits per heavy atom. The van der Waals surface area contributed by atoms with Gasteiger partial charge in [-0.15, -0.1) is 0 Å². The van der Waals surface area contributed by atoms with Crippen LogP contribution in [-0.2, 0) is 0 Å². The van der Waals surface area contributed by atoms with Crippen molar-refractivity contribution in [1.29, 1.82) is 0 Å². The van der Waals surface area contributed by atoms with E-state index >= 15 is 0 Å². The summed E-state index contributed by atoms with van der Waals surface area (Å²) in [6, 6.07) is 0. The van der Waals surface area contributed by atoms with Gasteiger partial charge in [0.2, 0.25) is 0 Å². The second kappa shape index (κ2) is 5.19. The standard InChI is InChI=1S/C9H20F3P/c1-4-13(5-2,6-3)8-7-9(10,11)12/h13H,4-8H2,1-3H3. The second-order valence-electron chi connectivity index (χ2n) is 3.68. The summed E-state index contributed by atoms with van der Waals surface area (Å²) in [4.78, 5) is 0. The van der Waals surface area contributed by atoms with Gasteiger partial charge in [-0.3, -0.25) is 0 Å². The summed E-state index contributed by atoms with van der Waals surface area (Å²) >= 11 is 0. The number of rotatable bonds is 5. The zero-order valence-electron chi connectivity index (χ0n) is 8.67. The second-order valence-corrected chi connectivity index (χ2v) is 9.30. The summed E-state index contributed by atoms with van der Waals surface area (Å²) in [7, 11) is -1.55. The molecule has 0 amide bonds. The van der Waals surface area contributed by atoms with Crippen LogP contribution in [0.25, 0.3) is 0 Å². The molecule has 0 nitrogen and oxygen atoms in total. The Morgan fingerprint density at radius 2 is 1.31 bits per heavy atom. The third kappa shape index (κ3) is 4.85. The van der Waals surface area contributed by atoms with Crippen molar-refractivity contribution in [3.05, 3.63) is 0 Å². The monoisotopic (exact) mass is 216 g/mol. The van der Waals surface area contributed by atoms with Crippen molar-refractivity contribution in [1.82, 2.24) is 0 Å². The fourth-order valence-electron chi connectivity index (χ4n) is 1.69. The van der Waals surface area contributed by atoms with E-state index in [1.807, 2.05) is 20.8 Å². The van der Waals surface area contributed by atoms with Gasteiger partial charge in [-0.05, 0) is 0 Å². The summed E-state index contributed by atoms with van der Waals surface area (Å²) in [6.07, 6.45) is -1.17. The van der Waals surface area contributed by atoms with E-state index in [0.717, 1.165) is 18.5 Å². The Labute approximate surface area is 79.2 Å². The van der Waals surface area contributed by atoms with Crippen LogP contribution in [0.3, 0.4) is 0 Å². The quantitative estimate of drug-likeness (QED) is 0.614. The van der Waals surface area contributed by atoms with Gasteiger partial charge in [0.1, 0.15) is 0 Å². The molecule has 0 saturated heterocycles. The molecule has 13 heavy (non-hydrogen) atoms. The van der Waals surface area contributed by atoms with E-state index in [-0.39, 0.29) is 0 Å². The van der Waals surface area contributed by atoms with Gasteiger partial charge in [0.25, 0.3) is 0 Å². The predicted octanol–water partition coefficient (Wildman–Crippen LogP) is 3.75. The Kier molecular flexibility index (Phi) is 5.28. The topological polar surface area (TPSA) is 0 Å². The van der Waals surface area contributed by atoms with Crippen molar-refractivity contribution in [2.75, 3.05) is 24.6 Å². The van der Waals surface area contributed by atoms with Crippen molar-refractivity contribution in [3.63, 3.8) is 0 Å². The molecule has 82 valence electrons. The first-order valence-corrected chi connectivity index (χ1v) is 7.78. The molecule has 0 saturated carbocycles. The van der Waals surface area contributed by atoms with Crippen LogP contribution in [0.4, 0.5) is 13.2 Å². The van der Waals surface area contributed by atoms with Crippen molar-refractivity contribution >= 4 is 7.26 Å². The number of halogens is 3. The van der Waals surface area contributed by atoms with E-state index < -0.39 is 19.9 Å². The van der Waals surface area contributed by atoms with Gasteiger partial charge in [-0.1, -0.05) is 0 Å². The first-order chi connectivity index (χ1) is 5.89. The Bertz CT molecular complexity index is 130. The van der Waals surface area contributed by atoms with E-state index in [9.17, 15) is 13.2 Å². The predicted molar refractivity (Wildman–Crippen MR) is 55.5 cm³/mol. The van der Waals surface area contributed by atoms with Crippen molar-refractivity contribution < 1.29 is 13.2 Å². The first-order valence-electron chi connectivity index (χ1n) is 4.96. The Balaban J connectivity index is 4.11. The molecule has 0 aromatic heterocycles. The van der Waals surface area contributed by atoms with Gasteiger partial charge in [0.15, 0.2) is 0 Å². The first kappa shape index (κ1) is 13.2. The van der Waals surface area contributed by atoms with Crippen LogP contribution in [0.2, 0.25) is 0 Å². The summed E-state index contributed by atoms with van der Waals surface area (Å²) in [6.45, 7) is 6.11. The zero-order valence-corrected chi connectivity index (χ0v) is 9.67. The summed E-state index contributed by atoms with van der Waals surface area (Å²) in [5, 5.41) is 0. The minimum atomic E-state index is -3.96. The SMILES string of the molecule is CC[PH](CC)(CC)CCC(F)(F)F. The molecule has 0 atom stereocenters. The molecule has 0 unspecified atom stereocenters.